The normalized spacial score (nSPS) is 10.2. The van der Waals surface area contributed by atoms with Gasteiger partial charge in [0.25, 0.3) is 0 Å². The molecular weight excluding hydrogens is 209 g/mol. The van der Waals surface area contributed by atoms with Gasteiger partial charge in [-0.05, 0) is 38.1 Å². The summed E-state index contributed by atoms with van der Waals surface area (Å²) in [4.78, 5) is 11.6. The van der Waals surface area contributed by atoms with E-state index in [1.807, 2.05) is 0 Å². The van der Waals surface area contributed by atoms with Crippen molar-refractivity contribution in [2.75, 3.05) is 13.2 Å². The van der Waals surface area contributed by atoms with Gasteiger partial charge in [-0.15, -0.1) is 0 Å². The summed E-state index contributed by atoms with van der Waals surface area (Å²) in [6, 6.07) is 4.27. The third-order valence-corrected chi connectivity index (χ3v) is 2.16. The minimum Gasteiger partial charge on any atom is -0.491 e. The molecule has 0 radical (unpaired) electrons. The molecule has 4 heteroatoms. The van der Waals surface area contributed by atoms with Crippen LogP contribution in [-0.2, 0) is 0 Å². The van der Waals surface area contributed by atoms with Crippen molar-refractivity contribution >= 4 is 5.78 Å². The van der Waals surface area contributed by atoms with Crippen molar-refractivity contribution in [1.29, 1.82) is 0 Å². The Morgan fingerprint density at radius 3 is 2.81 bits per heavy atom. The maximum Gasteiger partial charge on any atom is 0.165 e. The van der Waals surface area contributed by atoms with Gasteiger partial charge in [-0.3, -0.25) is 4.79 Å². The summed E-state index contributed by atoms with van der Waals surface area (Å²) < 4.78 is 18.5. The van der Waals surface area contributed by atoms with Gasteiger partial charge >= 0.3 is 0 Å². The number of carbonyl (C=O) groups excluding carboxylic acids is 1. The first-order valence-corrected chi connectivity index (χ1v) is 5.34. The summed E-state index contributed by atoms with van der Waals surface area (Å²) >= 11 is 0. The molecule has 88 valence electrons. The molecule has 0 heterocycles. The van der Waals surface area contributed by atoms with Crippen LogP contribution in [0.5, 0.6) is 5.75 Å². The SMILES string of the molecule is CCOc1ccc(C(=O)CCCN)cc1F. The summed E-state index contributed by atoms with van der Waals surface area (Å²) in [6.07, 6.45) is 0.970. The maximum absolute atomic E-state index is 13.4. The molecule has 0 fully saturated rings. The number of hydrogen-bond donors (Lipinski definition) is 1. The Bertz CT molecular complexity index is 366. The van der Waals surface area contributed by atoms with Crippen LogP contribution in [0, 0.1) is 5.82 Å². The highest BCUT2D eigenvalue weighted by molar-refractivity contribution is 5.96. The average molecular weight is 225 g/mol. The average Bonchev–Trinajstić information content (AvgIpc) is 2.29. The molecule has 0 spiro atoms. The largest absolute Gasteiger partial charge is 0.491 e. The van der Waals surface area contributed by atoms with Crippen molar-refractivity contribution in [2.45, 2.75) is 19.8 Å². The monoisotopic (exact) mass is 225 g/mol. The van der Waals surface area contributed by atoms with E-state index in [1.165, 1.54) is 12.1 Å². The minimum absolute atomic E-state index is 0.0904. The molecular formula is C12H16FNO2. The van der Waals surface area contributed by atoms with E-state index in [-0.39, 0.29) is 11.5 Å². The van der Waals surface area contributed by atoms with Crippen LogP contribution in [0.3, 0.4) is 0 Å². The molecule has 2 N–H and O–H groups in total. The van der Waals surface area contributed by atoms with Crippen LogP contribution < -0.4 is 10.5 Å². The zero-order chi connectivity index (χ0) is 12.0. The van der Waals surface area contributed by atoms with Gasteiger partial charge in [0.2, 0.25) is 0 Å². The van der Waals surface area contributed by atoms with Crippen molar-refractivity contribution in [1.82, 2.24) is 0 Å². The van der Waals surface area contributed by atoms with E-state index in [4.69, 9.17) is 10.5 Å². The van der Waals surface area contributed by atoms with Gasteiger partial charge in [-0.2, -0.15) is 0 Å². The van der Waals surface area contributed by atoms with Crippen LogP contribution in [0.4, 0.5) is 4.39 Å². The molecule has 0 aromatic heterocycles. The second-order valence-electron chi connectivity index (χ2n) is 3.39. The predicted octanol–water partition coefficient (Wildman–Crippen LogP) is 2.15. The molecule has 0 aliphatic carbocycles. The van der Waals surface area contributed by atoms with Crippen molar-refractivity contribution in [3.63, 3.8) is 0 Å². The molecule has 1 aromatic carbocycles. The number of nitrogens with two attached hydrogens (primary N) is 1. The number of rotatable bonds is 6. The summed E-state index contributed by atoms with van der Waals surface area (Å²) in [5, 5.41) is 0. The fraction of sp³-hybridized carbons (Fsp3) is 0.417. The number of carbonyl (C=O) groups is 1. The number of benzene rings is 1. The number of ether oxygens (including phenoxy) is 1. The summed E-state index contributed by atoms with van der Waals surface area (Å²) in [5.41, 5.74) is 5.67. The Morgan fingerprint density at radius 1 is 1.50 bits per heavy atom. The third kappa shape index (κ3) is 3.31. The summed E-state index contributed by atoms with van der Waals surface area (Å²) in [6.45, 7) is 2.64. The Labute approximate surface area is 94.4 Å². The van der Waals surface area contributed by atoms with E-state index in [0.717, 1.165) is 0 Å². The quantitative estimate of drug-likeness (QED) is 0.755. The van der Waals surface area contributed by atoms with Gasteiger partial charge in [-0.1, -0.05) is 0 Å². The van der Waals surface area contributed by atoms with E-state index >= 15 is 0 Å². The summed E-state index contributed by atoms with van der Waals surface area (Å²) in [5.74, 6) is -0.411. The highest BCUT2D eigenvalue weighted by Crippen LogP contribution is 2.19. The maximum atomic E-state index is 13.4. The zero-order valence-electron chi connectivity index (χ0n) is 9.33. The van der Waals surface area contributed by atoms with Crippen LogP contribution in [0.25, 0.3) is 0 Å². The van der Waals surface area contributed by atoms with Crippen LogP contribution in [-0.4, -0.2) is 18.9 Å². The number of ketones is 1. The predicted molar refractivity (Wildman–Crippen MR) is 60.2 cm³/mol. The van der Waals surface area contributed by atoms with E-state index in [1.54, 1.807) is 13.0 Å². The Balaban J connectivity index is 2.76. The van der Waals surface area contributed by atoms with Crippen LogP contribution in [0.2, 0.25) is 0 Å². The third-order valence-electron chi connectivity index (χ3n) is 2.16. The molecule has 16 heavy (non-hydrogen) atoms. The Kier molecular flexibility index (Phi) is 4.92. The van der Waals surface area contributed by atoms with Crippen LogP contribution in [0.1, 0.15) is 30.1 Å². The van der Waals surface area contributed by atoms with E-state index in [2.05, 4.69) is 0 Å². The van der Waals surface area contributed by atoms with Gasteiger partial charge in [-0.25, -0.2) is 4.39 Å². The standard InChI is InChI=1S/C12H16FNO2/c1-2-16-12-6-5-9(8-10(12)13)11(15)4-3-7-14/h5-6,8H,2-4,7,14H2,1H3. The molecule has 1 rings (SSSR count). The molecule has 0 saturated heterocycles. The lowest BCUT2D eigenvalue weighted by Crippen LogP contribution is -2.05. The first-order valence-electron chi connectivity index (χ1n) is 5.34. The van der Waals surface area contributed by atoms with E-state index in [0.29, 0.717) is 31.6 Å². The fourth-order valence-electron chi connectivity index (χ4n) is 1.35. The molecule has 0 amide bonds. The summed E-state index contributed by atoms with van der Waals surface area (Å²) in [7, 11) is 0. The van der Waals surface area contributed by atoms with E-state index in [9.17, 15) is 9.18 Å². The lowest BCUT2D eigenvalue weighted by Gasteiger charge is -2.06. The smallest absolute Gasteiger partial charge is 0.165 e. The highest BCUT2D eigenvalue weighted by Gasteiger charge is 2.09. The highest BCUT2D eigenvalue weighted by atomic mass is 19.1. The van der Waals surface area contributed by atoms with Gasteiger partial charge in [0.15, 0.2) is 17.3 Å². The second-order valence-corrected chi connectivity index (χ2v) is 3.39. The molecule has 0 unspecified atom stereocenters. The Morgan fingerprint density at radius 2 is 2.25 bits per heavy atom. The van der Waals surface area contributed by atoms with Gasteiger partial charge in [0.1, 0.15) is 0 Å². The Hall–Kier alpha value is -1.42. The van der Waals surface area contributed by atoms with E-state index < -0.39 is 5.82 Å². The second kappa shape index (κ2) is 6.23. The molecule has 0 bridgehead atoms. The van der Waals surface area contributed by atoms with Crippen molar-refractivity contribution in [2.24, 2.45) is 5.73 Å². The van der Waals surface area contributed by atoms with Gasteiger partial charge in [0.05, 0.1) is 6.61 Å². The van der Waals surface area contributed by atoms with Gasteiger partial charge in [0, 0.05) is 12.0 Å². The molecule has 0 atom stereocenters. The molecule has 0 saturated carbocycles. The molecule has 0 aliphatic heterocycles. The van der Waals surface area contributed by atoms with Crippen molar-refractivity contribution < 1.29 is 13.9 Å². The molecule has 1 aromatic rings. The van der Waals surface area contributed by atoms with Crippen LogP contribution >= 0.6 is 0 Å². The van der Waals surface area contributed by atoms with Crippen molar-refractivity contribution in [3.8, 4) is 5.75 Å². The fourth-order valence-corrected chi connectivity index (χ4v) is 1.35. The zero-order valence-corrected chi connectivity index (χ0v) is 9.33. The number of halogens is 1. The lowest BCUT2D eigenvalue weighted by molar-refractivity contribution is 0.0980. The lowest BCUT2D eigenvalue weighted by atomic mass is 10.1. The van der Waals surface area contributed by atoms with Gasteiger partial charge < -0.3 is 10.5 Å². The first-order chi connectivity index (χ1) is 7.69. The topological polar surface area (TPSA) is 52.3 Å². The number of hydrogen-bond acceptors (Lipinski definition) is 3. The molecule has 3 nitrogen and oxygen atoms in total. The van der Waals surface area contributed by atoms with Crippen molar-refractivity contribution in [3.05, 3.63) is 29.6 Å². The molecule has 0 aliphatic rings. The van der Waals surface area contributed by atoms with Crippen LogP contribution in [0.15, 0.2) is 18.2 Å². The minimum atomic E-state index is -0.500. The number of Topliss-reactive ketones (excluding diaryl/α,β-unsaturated/α-hetero) is 1. The first kappa shape index (κ1) is 12.6.